The van der Waals surface area contributed by atoms with Gasteiger partial charge in [-0.05, 0) is 30.0 Å². The second kappa shape index (κ2) is 5.05. The van der Waals surface area contributed by atoms with E-state index in [0.29, 0.717) is 0 Å². The predicted octanol–water partition coefficient (Wildman–Crippen LogP) is 2.55. The summed E-state index contributed by atoms with van der Waals surface area (Å²) in [5, 5.41) is 2.08. The predicted molar refractivity (Wildman–Crippen MR) is 77.8 cm³/mol. The van der Waals surface area contributed by atoms with Gasteiger partial charge in [-0.15, -0.1) is 11.3 Å². The van der Waals surface area contributed by atoms with E-state index in [0.717, 1.165) is 16.6 Å². The molecule has 2 aromatic heterocycles. The zero-order chi connectivity index (χ0) is 13.2. The van der Waals surface area contributed by atoms with E-state index in [1.165, 1.54) is 10.4 Å². The highest BCUT2D eigenvalue weighted by Crippen LogP contribution is 2.31. The molecule has 0 fully saturated rings. The summed E-state index contributed by atoms with van der Waals surface area (Å²) in [6.07, 6.45) is 3.41. The Hall–Kier alpha value is -1.82. The fraction of sp³-hybridized carbons (Fsp3) is 0.143. The molecule has 3 aromatic rings. The van der Waals surface area contributed by atoms with Crippen LogP contribution in [0.3, 0.4) is 0 Å². The van der Waals surface area contributed by atoms with Crippen LogP contribution in [0.4, 0.5) is 0 Å². The van der Waals surface area contributed by atoms with Crippen LogP contribution < -0.4 is 11.3 Å². The van der Waals surface area contributed by atoms with Crippen LogP contribution in [0.5, 0.6) is 0 Å². The molecule has 96 valence electrons. The lowest BCUT2D eigenvalue weighted by molar-refractivity contribution is 0.647. The van der Waals surface area contributed by atoms with Crippen LogP contribution >= 0.6 is 11.3 Å². The van der Waals surface area contributed by atoms with Gasteiger partial charge in [-0.25, -0.2) is 5.43 Å². The zero-order valence-corrected chi connectivity index (χ0v) is 11.3. The van der Waals surface area contributed by atoms with Gasteiger partial charge in [-0.2, -0.15) is 0 Å². The summed E-state index contributed by atoms with van der Waals surface area (Å²) in [6.45, 7) is 2.09. The molecule has 0 aliphatic rings. The molecule has 0 spiro atoms. The van der Waals surface area contributed by atoms with Crippen LogP contribution in [0.2, 0.25) is 0 Å². The van der Waals surface area contributed by atoms with E-state index in [1.807, 2.05) is 18.2 Å². The lowest BCUT2D eigenvalue weighted by atomic mass is 10.0. The minimum absolute atomic E-state index is 0.0552. The number of nitrogens with zero attached hydrogens (tertiary/aromatic N) is 2. The van der Waals surface area contributed by atoms with E-state index >= 15 is 0 Å². The van der Waals surface area contributed by atoms with Gasteiger partial charge in [-0.3, -0.25) is 15.8 Å². The monoisotopic (exact) mass is 270 g/mol. The summed E-state index contributed by atoms with van der Waals surface area (Å²) in [4.78, 5) is 9.98. The van der Waals surface area contributed by atoms with Crippen LogP contribution in [0.25, 0.3) is 11.0 Å². The summed E-state index contributed by atoms with van der Waals surface area (Å²) < 4.78 is 0. The molecule has 1 unspecified atom stereocenters. The first-order valence-corrected chi connectivity index (χ1v) is 6.89. The van der Waals surface area contributed by atoms with E-state index in [4.69, 9.17) is 5.84 Å². The number of hydrazine groups is 1. The Morgan fingerprint density at radius 2 is 2.05 bits per heavy atom. The Bertz CT molecular complexity index is 702. The minimum Gasteiger partial charge on any atom is -0.271 e. The largest absolute Gasteiger partial charge is 0.271 e. The van der Waals surface area contributed by atoms with Gasteiger partial charge in [0.2, 0.25) is 0 Å². The van der Waals surface area contributed by atoms with E-state index < -0.39 is 0 Å². The molecular formula is C14H14N4S. The van der Waals surface area contributed by atoms with Crippen molar-refractivity contribution in [3.63, 3.8) is 0 Å². The number of hydrogen-bond donors (Lipinski definition) is 2. The summed E-state index contributed by atoms with van der Waals surface area (Å²) >= 11 is 1.69. The molecule has 1 atom stereocenters. The molecule has 0 amide bonds. The van der Waals surface area contributed by atoms with E-state index in [-0.39, 0.29) is 6.04 Å². The Morgan fingerprint density at radius 3 is 2.79 bits per heavy atom. The quantitative estimate of drug-likeness (QED) is 0.567. The van der Waals surface area contributed by atoms with Crippen LogP contribution in [0, 0.1) is 6.92 Å². The van der Waals surface area contributed by atoms with Gasteiger partial charge in [0.05, 0.1) is 17.1 Å². The van der Waals surface area contributed by atoms with E-state index in [2.05, 4.69) is 33.8 Å². The number of thiophene rings is 1. The summed E-state index contributed by atoms with van der Waals surface area (Å²) in [5.74, 6) is 5.76. The zero-order valence-electron chi connectivity index (χ0n) is 10.5. The average molecular weight is 270 g/mol. The molecule has 5 heteroatoms. The van der Waals surface area contributed by atoms with Crippen LogP contribution in [-0.2, 0) is 0 Å². The Balaban J connectivity index is 2.20. The molecule has 2 heterocycles. The minimum atomic E-state index is -0.0552. The number of para-hydroxylation sites is 1. The SMILES string of the molecule is Cc1ccsc1C(NN)c1cccc2nccnc12. The second-order valence-electron chi connectivity index (χ2n) is 4.34. The molecule has 0 saturated carbocycles. The number of nitrogens with one attached hydrogen (secondary N) is 1. The Kier molecular flexibility index (Phi) is 3.25. The van der Waals surface area contributed by atoms with Crippen molar-refractivity contribution in [1.82, 2.24) is 15.4 Å². The van der Waals surface area contributed by atoms with Crippen molar-refractivity contribution in [2.24, 2.45) is 5.84 Å². The summed E-state index contributed by atoms with van der Waals surface area (Å²) in [7, 11) is 0. The molecule has 0 aliphatic carbocycles. The topological polar surface area (TPSA) is 63.8 Å². The first kappa shape index (κ1) is 12.2. The number of hydrogen-bond acceptors (Lipinski definition) is 5. The van der Waals surface area contributed by atoms with Crippen LogP contribution in [0.1, 0.15) is 22.0 Å². The highest BCUT2D eigenvalue weighted by Gasteiger charge is 2.19. The lowest BCUT2D eigenvalue weighted by Crippen LogP contribution is -2.29. The molecule has 0 saturated heterocycles. The molecule has 3 N–H and O–H groups in total. The molecule has 1 aromatic carbocycles. The number of benzene rings is 1. The third-order valence-corrected chi connectivity index (χ3v) is 4.26. The van der Waals surface area contributed by atoms with Crippen molar-refractivity contribution >= 4 is 22.4 Å². The van der Waals surface area contributed by atoms with Crippen molar-refractivity contribution in [2.75, 3.05) is 0 Å². The van der Waals surface area contributed by atoms with Gasteiger partial charge >= 0.3 is 0 Å². The van der Waals surface area contributed by atoms with E-state index in [9.17, 15) is 0 Å². The fourth-order valence-corrected chi connectivity index (χ4v) is 3.24. The first-order valence-electron chi connectivity index (χ1n) is 6.01. The number of nitrogens with two attached hydrogens (primary N) is 1. The number of fused-ring (bicyclic) bond motifs is 1. The average Bonchev–Trinajstić information content (AvgIpc) is 2.86. The third kappa shape index (κ3) is 2.12. The maximum Gasteiger partial charge on any atom is 0.0938 e. The smallest absolute Gasteiger partial charge is 0.0938 e. The summed E-state index contributed by atoms with van der Waals surface area (Å²) in [5.41, 5.74) is 6.95. The molecule has 0 bridgehead atoms. The van der Waals surface area contributed by atoms with Gasteiger partial charge in [-0.1, -0.05) is 12.1 Å². The van der Waals surface area contributed by atoms with Gasteiger partial charge < -0.3 is 0 Å². The maximum atomic E-state index is 5.76. The van der Waals surface area contributed by atoms with Crippen molar-refractivity contribution in [1.29, 1.82) is 0 Å². The van der Waals surface area contributed by atoms with Gasteiger partial charge in [0.25, 0.3) is 0 Å². The molecule has 4 nitrogen and oxygen atoms in total. The Labute approximate surface area is 115 Å². The fourth-order valence-electron chi connectivity index (χ4n) is 2.23. The highest BCUT2D eigenvalue weighted by atomic mass is 32.1. The number of aryl methyl sites for hydroxylation is 1. The van der Waals surface area contributed by atoms with Crippen LogP contribution in [-0.4, -0.2) is 9.97 Å². The van der Waals surface area contributed by atoms with Gasteiger partial charge in [0.1, 0.15) is 0 Å². The third-order valence-electron chi connectivity index (χ3n) is 3.17. The van der Waals surface area contributed by atoms with E-state index in [1.54, 1.807) is 23.7 Å². The Morgan fingerprint density at radius 1 is 1.21 bits per heavy atom. The van der Waals surface area contributed by atoms with Gasteiger partial charge in [0.15, 0.2) is 0 Å². The standard InChI is InChI=1S/C14H14N4S/c1-9-5-8-19-14(9)13(18-15)10-3-2-4-11-12(10)17-7-6-16-11/h2-8,13,18H,15H2,1H3. The van der Waals surface area contributed by atoms with Crippen molar-refractivity contribution < 1.29 is 0 Å². The van der Waals surface area contributed by atoms with Crippen molar-refractivity contribution in [2.45, 2.75) is 13.0 Å². The molecule has 19 heavy (non-hydrogen) atoms. The summed E-state index contributed by atoms with van der Waals surface area (Å²) in [6, 6.07) is 8.03. The lowest BCUT2D eigenvalue weighted by Gasteiger charge is -2.17. The second-order valence-corrected chi connectivity index (χ2v) is 5.29. The van der Waals surface area contributed by atoms with Crippen molar-refractivity contribution in [3.05, 3.63) is 58.0 Å². The number of aromatic nitrogens is 2. The first-order chi connectivity index (χ1) is 9.31. The van der Waals surface area contributed by atoms with Gasteiger partial charge in [0, 0.05) is 22.8 Å². The number of rotatable bonds is 3. The molecule has 0 aliphatic heterocycles. The molecule has 0 radical (unpaired) electrons. The van der Waals surface area contributed by atoms with Crippen molar-refractivity contribution in [3.8, 4) is 0 Å². The molecule has 3 rings (SSSR count). The van der Waals surface area contributed by atoms with Crippen LogP contribution in [0.15, 0.2) is 42.0 Å². The molecular weight excluding hydrogens is 256 g/mol. The normalized spacial score (nSPS) is 12.7. The maximum absolute atomic E-state index is 5.76. The highest BCUT2D eigenvalue weighted by molar-refractivity contribution is 7.10.